The van der Waals surface area contributed by atoms with E-state index in [1.165, 1.54) is 12.8 Å². The summed E-state index contributed by atoms with van der Waals surface area (Å²) in [7, 11) is 0. The molecule has 2 rings (SSSR count). The number of aromatic nitrogens is 3. The van der Waals surface area contributed by atoms with E-state index in [0.29, 0.717) is 12.6 Å². The van der Waals surface area contributed by atoms with E-state index in [4.69, 9.17) is 0 Å². The first-order chi connectivity index (χ1) is 8.20. The van der Waals surface area contributed by atoms with Crippen molar-refractivity contribution in [2.75, 3.05) is 6.54 Å². The number of carbonyl (C=O) groups excluding carboxylic acids is 1. The predicted octanol–water partition coefficient (Wildman–Crippen LogP) is 0.227. The molecule has 1 aliphatic rings. The molecule has 1 atom stereocenters. The van der Waals surface area contributed by atoms with Crippen LogP contribution >= 0.6 is 0 Å². The van der Waals surface area contributed by atoms with Crippen LogP contribution in [0, 0.1) is 0 Å². The molecule has 1 aromatic rings. The van der Waals surface area contributed by atoms with Gasteiger partial charge >= 0.3 is 0 Å². The van der Waals surface area contributed by atoms with Gasteiger partial charge in [0, 0.05) is 19.1 Å². The Bertz CT molecular complexity index is 385. The standard InChI is InChI=1S/C11H19N5O/c1-3-12-11(17)8(2)16-7-10(14-15-16)6-13-9-4-5-9/h7-9,13H,3-6H2,1-2H3,(H,12,17). The summed E-state index contributed by atoms with van der Waals surface area (Å²) in [4.78, 5) is 11.6. The molecule has 0 spiro atoms. The topological polar surface area (TPSA) is 71.8 Å². The molecule has 0 saturated heterocycles. The second-order valence-corrected chi connectivity index (χ2v) is 4.42. The predicted molar refractivity (Wildman–Crippen MR) is 63.3 cm³/mol. The van der Waals surface area contributed by atoms with E-state index in [0.717, 1.165) is 12.2 Å². The Labute approximate surface area is 101 Å². The first-order valence-electron chi connectivity index (χ1n) is 6.12. The number of nitrogens with one attached hydrogen (secondary N) is 2. The van der Waals surface area contributed by atoms with E-state index in [1.54, 1.807) is 4.68 Å². The summed E-state index contributed by atoms with van der Waals surface area (Å²) in [5, 5.41) is 14.2. The van der Waals surface area contributed by atoms with Crippen molar-refractivity contribution in [2.45, 2.75) is 45.3 Å². The fourth-order valence-corrected chi connectivity index (χ4v) is 1.56. The molecule has 6 nitrogen and oxygen atoms in total. The lowest BCUT2D eigenvalue weighted by atomic mass is 10.3. The first-order valence-corrected chi connectivity index (χ1v) is 6.12. The molecule has 1 aromatic heterocycles. The van der Waals surface area contributed by atoms with Crippen LogP contribution in [0.4, 0.5) is 0 Å². The average molecular weight is 237 g/mol. The molecule has 6 heteroatoms. The van der Waals surface area contributed by atoms with Crippen LogP contribution in [0.25, 0.3) is 0 Å². The molecule has 0 bridgehead atoms. The summed E-state index contributed by atoms with van der Waals surface area (Å²) in [5.74, 6) is -0.0286. The van der Waals surface area contributed by atoms with Crippen LogP contribution in [0.5, 0.6) is 0 Å². The quantitative estimate of drug-likeness (QED) is 0.743. The van der Waals surface area contributed by atoms with Gasteiger partial charge in [-0.15, -0.1) is 5.10 Å². The van der Waals surface area contributed by atoms with Crippen molar-refractivity contribution in [3.8, 4) is 0 Å². The number of likely N-dealkylation sites (N-methyl/N-ethyl adjacent to an activating group) is 1. The summed E-state index contributed by atoms with van der Waals surface area (Å²) in [6, 6.07) is 0.345. The van der Waals surface area contributed by atoms with Gasteiger partial charge in [0.2, 0.25) is 5.91 Å². The monoisotopic (exact) mass is 237 g/mol. The molecule has 1 heterocycles. The van der Waals surface area contributed by atoms with E-state index < -0.39 is 0 Å². The highest BCUT2D eigenvalue weighted by Crippen LogP contribution is 2.19. The lowest BCUT2D eigenvalue weighted by molar-refractivity contribution is -0.124. The summed E-state index contributed by atoms with van der Waals surface area (Å²) >= 11 is 0. The Kier molecular flexibility index (Phi) is 3.73. The molecular formula is C11H19N5O. The molecule has 17 heavy (non-hydrogen) atoms. The first kappa shape index (κ1) is 12.0. The third kappa shape index (κ3) is 3.26. The molecule has 1 unspecified atom stereocenters. The second-order valence-electron chi connectivity index (χ2n) is 4.42. The van der Waals surface area contributed by atoms with Gasteiger partial charge in [0.1, 0.15) is 6.04 Å². The maximum atomic E-state index is 11.6. The number of hydrogen-bond donors (Lipinski definition) is 2. The second kappa shape index (κ2) is 5.27. The Hall–Kier alpha value is -1.43. The van der Waals surface area contributed by atoms with Gasteiger partial charge in [0.15, 0.2) is 0 Å². The lowest BCUT2D eigenvalue weighted by Crippen LogP contribution is -2.31. The minimum atomic E-state index is -0.308. The van der Waals surface area contributed by atoms with Crippen LogP contribution in [0.1, 0.15) is 38.4 Å². The van der Waals surface area contributed by atoms with Crippen molar-refractivity contribution < 1.29 is 4.79 Å². The van der Waals surface area contributed by atoms with Crippen molar-refractivity contribution in [3.63, 3.8) is 0 Å². The van der Waals surface area contributed by atoms with Crippen molar-refractivity contribution in [1.82, 2.24) is 25.6 Å². The Morgan fingerprint density at radius 2 is 2.41 bits per heavy atom. The van der Waals surface area contributed by atoms with E-state index in [-0.39, 0.29) is 11.9 Å². The molecule has 94 valence electrons. The van der Waals surface area contributed by atoms with Crippen LogP contribution in [0.3, 0.4) is 0 Å². The third-order valence-corrected chi connectivity index (χ3v) is 2.83. The van der Waals surface area contributed by atoms with Gasteiger partial charge in [-0.3, -0.25) is 4.79 Å². The number of nitrogens with zero attached hydrogens (tertiary/aromatic N) is 3. The van der Waals surface area contributed by atoms with Crippen LogP contribution in [-0.4, -0.2) is 33.5 Å². The lowest BCUT2D eigenvalue weighted by Gasteiger charge is -2.10. The largest absolute Gasteiger partial charge is 0.355 e. The highest BCUT2D eigenvalue weighted by molar-refractivity contribution is 5.79. The van der Waals surface area contributed by atoms with Crippen LogP contribution in [-0.2, 0) is 11.3 Å². The van der Waals surface area contributed by atoms with Gasteiger partial charge in [-0.2, -0.15) is 0 Å². The fraction of sp³-hybridized carbons (Fsp3) is 0.727. The maximum Gasteiger partial charge on any atom is 0.244 e. The van der Waals surface area contributed by atoms with E-state index in [1.807, 2.05) is 20.0 Å². The zero-order valence-electron chi connectivity index (χ0n) is 10.3. The normalized spacial score (nSPS) is 16.8. The van der Waals surface area contributed by atoms with Gasteiger partial charge in [0.25, 0.3) is 0 Å². The number of amides is 1. The molecule has 2 N–H and O–H groups in total. The summed E-state index contributed by atoms with van der Waals surface area (Å²) in [6.45, 7) is 5.08. The van der Waals surface area contributed by atoms with Crippen LogP contribution in [0.15, 0.2) is 6.20 Å². The molecule has 0 aliphatic heterocycles. The van der Waals surface area contributed by atoms with Crippen molar-refractivity contribution in [3.05, 3.63) is 11.9 Å². The smallest absolute Gasteiger partial charge is 0.244 e. The van der Waals surface area contributed by atoms with Gasteiger partial charge < -0.3 is 10.6 Å². The highest BCUT2D eigenvalue weighted by Gasteiger charge is 2.21. The summed E-state index contributed by atoms with van der Waals surface area (Å²) < 4.78 is 1.61. The zero-order valence-corrected chi connectivity index (χ0v) is 10.3. The average Bonchev–Trinajstić information content (AvgIpc) is 3.03. The number of rotatable bonds is 6. The molecule has 1 aliphatic carbocycles. The fourth-order valence-electron chi connectivity index (χ4n) is 1.56. The molecule has 1 saturated carbocycles. The zero-order chi connectivity index (χ0) is 12.3. The molecule has 1 fully saturated rings. The Morgan fingerprint density at radius 1 is 1.65 bits per heavy atom. The van der Waals surface area contributed by atoms with Crippen molar-refractivity contribution in [2.24, 2.45) is 0 Å². The van der Waals surface area contributed by atoms with Crippen molar-refractivity contribution in [1.29, 1.82) is 0 Å². The molecule has 0 radical (unpaired) electrons. The number of hydrogen-bond acceptors (Lipinski definition) is 4. The van der Waals surface area contributed by atoms with Crippen LogP contribution in [0.2, 0.25) is 0 Å². The third-order valence-electron chi connectivity index (χ3n) is 2.83. The van der Waals surface area contributed by atoms with E-state index in [2.05, 4.69) is 20.9 Å². The van der Waals surface area contributed by atoms with E-state index in [9.17, 15) is 4.79 Å². The highest BCUT2D eigenvalue weighted by atomic mass is 16.2. The van der Waals surface area contributed by atoms with Gasteiger partial charge in [-0.25, -0.2) is 4.68 Å². The minimum absolute atomic E-state index is 0.0286. The van der Waals surface area contributed by atoms with Crippen LogP contribution < -0.4 is 10.6 Å². The molecule has 0 aromatic carbocycles. The Morgan fingerprint density at radius 3 is 3.06 bits per heavy atom. The van der Waals surface area contributed by atoms with E-state index >= 15 is 0 Å². The Balaban J connectivity index is 1.89. The minimum Gasteiger partial charge on any atom is -0.355 e. The molecular weight excluding hydrogens is 218 g/mol. The maximum absolute atomic E-state index is 11.6. The molecule has 1 amide bonds. The van der Waals surface area contributed by atoms with Crippen molar-refractivity contribution >= 4 is 5.91 Å². The summed E-state index contributed by atoms with van der Waals surface area (Å²) in [6.07, 6.45) is 4.34. The number of carbonyl (C=O) groups is 1. The SMILES string of the molecule is CCNC(=O)C(C)n1cc(CNC2CC2)nn1. The van der Waals surface area contributed by atoms with Gasteiger partial charge in [-0.1, -0.05) is 5.21 Å². The van der Waals surface area contributed by atoms with Gasteiger partial charge in [-0.05, 0) is 26.7 Å². The summed E-state index contributed by atoms with van der Waals surface area (Å²) in [5.41, 5.74) is 0.882. The van der Waals surface area contributed by atoms with Gasteiger partial charge in [0.05, 0.1) is 11.9 Å².